The van der Waals surface area contributed by atoms with Gasteiger partial charge in [-0.3, -0.25) is 24.2 Å². The molecule has 1 aromatic rings. The second-order valence-corrected chi connectivity index (χ2v) is 7.85. The lowest BCUT2D eigenvalue weighted by atomic mass is 10.1. The highest BCUT2D eigenvalue weighted by atomic mass is 16.4. The summed E-state index contributed by atoms with van der Waals surface area (Å²) < 4.78 is 0. The molecule has 196 valence electrons. The van der Waals surface area contributed by atoms with E-state index in [2.05, 4.69) is 30.9 Å². The van der Waals surface area contributed by atoms with Crippen LogP contribution < -0.4 is 38.9 Å². The number of carbonyl (C=O) groups is 4. The van der Waals surface area contributed by atoms with E-state index in [1.807, 2.05) is 0 Å². The average Bonchev–Trinajstić information content (AvgIpc) is 3.31. The molecule has 0 aliphatic rings. The fourth-order valence-electron chi connectivity index (χ4n) is 3.07. The number of carbonyl (C=O) groups excluding carboxylic acids is 3. The molecule has 0 spiro atoms. The number of nitrogens with one attached hydrogen (secondary N) is 4. The zero-order valence-electron chi connectivity index (χ0n) is 19.5. The molecule has 0 aliphatic carbocycles. The minimum Gasteiger partial charge on any atom is -0.480 e. The number of aliphatic carboxylic acids is 1. The quantitative estimate of drug-likeness (QED) is 0.0586. The van der Waals surface area contributed by atoms with Gasteiger partial charge in [0, 0.05) is 24.9 Å². The Morgan fingerprint density at radius 1 is 1.03 bits per heavy atom. The molecule has 35 heavy (non-hydrogen) atoms. The normalized spacial score (nSPS) is 13.2. The molecule has 0 aliphatic heterocycles. The van der Waals surface area contributed by atoms with Crippen molar-refractivity contribution in [1.29, 1.82) is 0 Å². The molecule has 3 unspecified atom stereocenters. The van der Waals surface area contributed by atoms with Crippen molar-refractivity contribution in [3.05, 3.63) is 18.2 Å². The Hall–Kier alpha value is -3.72. The van der Waals surface area contributed by atoms with Crippen LogP contribution in [-0.4, -0.2) is 82.5 Å². The van der Waals surface area contributed by atoms with Crippen LogP contribution in [0, 0.1) is 0 Å². The fraction of sp³-hybridized carbons (Fsp3) is 0.600. The number of carboxylic acids is 1. The monoisotopic (exact) mass is 496 g/mol. The Kier molecular flexibility index (Phi) is 13.4. The summed E-state index contributed by atoms with van der Waals surface area (Å²) in [4.78, 5) is 59.6. The second kappa shape index (κ2) is 16.0. The topological polar surface area (TPSA) is 270 Å². The van der Waals surface area contributed by atoms with Crippen LogP contribution in [0.3, 0.4) is 0 Å². The number of hydrogen-bond acceptors (Lipinski definition) is 8. The number of amides is 3. The van der Waals surface area contributed by atoms with Gasteiger partial charge in [0.2, 0.25) is 17.7 Å². The molecule has 0 radical (unpaired) electrons. The predicted molar refractivity (Wildman–Crippen MR) is 128 cm³/mol. The number of guanidine groups is 1. The zero-order valence-corrected chi connectivity index (χ0v) is 19.5. The van der Waals surface area contributed by atoms with Crippen LogP contribution >= 0.6 is 0 Å². The molecule has 0 fully saturated rings. The number of imidazole rings is 1. The molecular formula is C20H36N10O5. The third-order valence-corrected chi connectivity index (χ3v) is 4.91. The van der Waals surface area contributed by atoms with Crippen LogP contribution in [0.1, 0.15) is 37.8 Å². The van der Waals surface area contributed by atoms with Crippen molar-refractivity contribution in [2.45, 2.75) is 56.7 Å². The van der Waals surface area contributed by atoms with Gasteiger partial charge in [0.25, 0.3) is 0 Å². The van der Waals surface area contributed by atoms with Crippen molar-refractivity contribution in [2.75, 3.05) is 19.6 Å². The van der Waals surface area contributed by atoms with E-state index in [4.69, 9.17) is 28.0 Å². The van der Waals surface area contributed by atoms with Gasteiger partial charge in [-0.2, -0.15) is 0 Å². The number of nitrogens with two attached hydrogens (primary N) is 4. The number of unbranched alkanes of at least 4 members (excludes halogenated alkanes) is 1. The van der Waals surface area contributed by atoms with Gasteiger partial charge in [0.1, 0.15) is 18.6 Å². The summed E-state index contributed by atoms with van der Waals surface area (Å²) in [7, 11) is 0. The molecule has 15 nitrogen and oxygen atoms in total. The number of aromatic amines is 1. The van der Waals surface area contributed by atoms with Gasteiger partial charge >= 0.3 is 5.97 Å². The number of aliphatic imine (C=N–C) groups is 1. The molecule has 0 saturated carbocycles. The van der Waals surface area contributed by atoms with Gasteiger partial charge in [0.15, 0.2) is 5.96 Å². The van der Waals surface area contributed by atoms with Gasteiger partial charge in [-0.05, 0) is 32.2 Å². The van der Waals surface area contributed by atoms with Gasteiger partial charge < -0.3 is 49.0 Å². The van der Waals surface area contributed by atoms with Crippen LogP contribution in [0.4, 0.5) is 0 Å². The lowest BCUT2D eigenvalue weighted by Crippen LogP contribution is -2.56. The molecule has 3 atom stereocenters. The summed E-state index contributed by atoms with van der Waals surface area (Å²) in [6.07, 6.45) is 5.20. The van der Waals surface area contributed by atoms with E-state index in [1.54, 1.807) is 0 Å². The maximum atomic E-state index is 13.1. The largest absolute Gasteiger partial charge is 0.480 e. The Bertz CT molecular complexity index is 841. The SMILES string of the molecule is NCCCCC(N)C(=O)NC(Cc1cnc[nH]1)C(=O)NC(CCCN=C(N)N)C(=O)NCC(=O)O. The fourth-order valence-corrected chi connectivity index (χ4v) is 3.07. The number of rotatable bonds is 17. The van der Waals surface area contributed by atoms with E-state index >= 15 is 0 Å². The number of aromatic nitrogens is 2. The number of carboxylic acid groups (broad SMARTS) is 1. The van der Waals surface area contributed by atoms with Crippen molar-refractivity contribution >= 4 is 29.7 Å². The molecule has 3 amide bonds. The summed E-state index contributed by atoms with van der Waals surface area (Å²) in [5, 5.41) is 16.3. The number of nitrogens with zero attached hydrogens (tertiary/aromatic N) is 2. The molecule has 15 heteroatoms. The summed E-state index contributed by atoms with van der Waals surface area (Å²) >= 11 is 0. The van der Waals surface area contributed by atoms with E-state index in [9.17, 15) is 19.2 Å². The van der Waals surface area contributed by atoms with Crippen LogP contribution in [0.2, 0.25) is 0 Å². The molecule has 1 rings (SSSR count). The maximum Gasteiger partial charge on any atom is 0.322 e. The Balaban J connectivity index is 2.93. The van der Waals surface area contributed by atoms with Crippen molar-refractivity contribution in [1.82, 2.24) is 25.9 Å². The maximum absolute atomic E-state index is 13.1. The molecule has 1 aromatic heterocycles. The lowest BCUT2D eigenvalue weighted by molar-refractivity contribution is -0.138. The van der Waals surface area contributed by atoms with Crippen molar-refractivity contribution < 1.29 is 24.3 Å². The molecule has 0 bridgehead atoms. The van der Waals surface area contributed by atoms with Crippen LogP contribution in [0.5, 0.6) is 0 Å². The Labute approximate surface area is 202 Å². The summed E-state index contributed by atoms with van der Waals surface area (Å²) in [6, 6.07) is -3.00. The first-order valence-corrected chi connectivity index (χ1v) is 11.2. The first-order chi connectivity index (χ1) is 16.6. The minimum atomic E-state index is -1.24. The molecule has 0 saturated heterocycles. The third kappa shape index (κ3) is 12.4. The van der Waals surface area contributed by atoms with Gasteiger partial charge in [-0.1, -0.05) is 6.42 Å². The van der Waals surface area contributed by atoms with Crippen molar-refractivity contribution in [3.8, 4) is 0 Å². The molecule has 1 heterocycles. The van der Waals surface area contributed by atoms with Crippen LogP contribution in [0.25, 0.3) is 0 Å². The van der Waals surface area contributed by atoms with Crippen molar-refractivity contribution in [3.63, 3.8) is 0 Å². The van der Waals surface area contributed by atoms with Crippen LogP contribution in [0.15, 0.2) is 17.5 Å². The molecule has 13 N–H and O–H groups in total. The summed E-state index contributed by atoms with van der Waals surface area (Å²) in [6.45, 7) is 0.0612. The van der Waals surface area contributed by atoms with E-state index < -0.39 is 48.4 Å². The number of H-pyrrole nitrogens is 1. The smallest absolute Gasteiger partial charge is 0.322 e. The molecular weight excluding hydrogens is 460 g/mol. The van der Waals surface area contributed by atoms with Crippen molar-refractivity contribution in [2.24, 2.45) is 27.9 Å². The van der Waals surface area contributed by atoms with Gasteiger partial charge in [-0.25, -0.2) is 4.98 Å². The van der Waals surface area contributed by atoms with E-state index in [0.29, 0.717) is 37.9 Å². The zero-order chi connectivity index (χ0) is 26.2. The van der Waals surface area contributed by atoms with Gasteiger partial charge in [-0.15, -0.1) is 0 Å². The summed E-state index contributed by atoms with van der Waals surface area (Å²) in [5.41, 5.74) is 22.6. The Morgan fingerprint density at radius 2 is 1.74 bits per heavy atom. The Morgan fingerprint density at radius 3 is 2.34 bits per heavy atom. The highest BCUT2D eigenvalue weighted by molar-refractivity contribution is 5.93. The summed E-state index contributed by atoms with van der Waals surface area (Å²) in [5.74, 6) is -3.24. The average molecular weight is 497 g/mol. The standard InChI is InChI=1S/C20H36N10O5/c21-6-2-1-4-13(22)17(33)30-15(8-12-9-25-11-28-12)19(35)29-14(5-3-7-26-20(23)24)18(34)27-10-16(31)32/h9,11,13-15H,1-8,10,21-22H2,(H,25,28)(H,27,34)(H,29,35)(H,30,33)(H,31,32)(H4,23,24,26). The second-order valence-electron chi connectivity index (χ2n) is 7.85. The lowest BCUT2D eigenvalue weighted by Gasteiger charge is -2.24. The van der Waals surface area contributed by atoms with E-state index in [0.717, 1.165) is 0 Å². The van der Waals surface area contributed by atoms with E-state index in [-0.39, 0.29) is 25.3 Å². The third-order valence-electron chi connectivity index (χ3n) is 4.91. The molecule has 0 aromatic carbocycles. The predicted octanol–water partition coefficient (Wildman–Crippen LogP) is -3.37. The van der Waals surface area contributed by atoms with Gasteiger partial charge in [0.05, 0.1) is 12.4 Å². The number of hydrogen-bond donors (Lipinski definition) is 9. The first-order valence-electron chi connectivity index (χ1n) is 11.2. The highest BCUT2D eigenvalue weighted by Gasteiger charge is 2.28. The van der Waals surface area contributed by atoms with E-state index in [1.165, 1.54) is 12.5 Å². The first kappa shape index (κ1) is 29.3. The minimum absolute atomic E-state index is 0.0601. The highest BCUT2D eigenvalue weighted by Crippen LogP contribution is 2.05. The van der Waals surface area contributed by atoms with Crippen LogP contribution in [-0.2, 0) is 25.6 Å².